The Hall–Kier alpha value is -1.63. The van der Waals surface area contributed by atoms with E-state index in [1.54, 1.807) is 6.20 Å². The van der Waals surface area contributed by atoms with Crippen molar-refractivity contribution in [1.29, 1.82) is 5.26 Å². The van der Waals surface area contributed by atoms with Crippen molar-refractivity contribution in [2.24, 2.45) is 5.92 Å². The number of hydrogen-bond acceptors (Lipinski definition) is 4. The summed E-state index contributed by atoms with van der Waals surface area (Å²) in [4.78, 5) is 10.7. The predicted molar refractivity (Wildman–Crippen MR) is 57.3 cm³/mol. The molecule has 1 aromatic rings. The van der Waals surface area contributed by atoms with E-state index < -0.39 is 0 Å². The molecule has 0 amide bonds. The molecule has 0 saturated carbocycles. The number of aryl methyl sites for hydroxylation is 1. The SMILES string of the molecule is Cc1ccnc(N2CCCC(C#N)C2)n1. The highest BCUT2D eigenvalue weighted by Gasteiger charge is 2.21. The fourth-order valence-electron chi connectivity index (χ4n) is 1.85. The summed E-state index contributed by atoms with van der Waals surface area (Å²) in [7, 11) is 0. The first-order valence-electron chi connectivity index (χ1n) is 5.24. The maximum Gasteiger partial charge on any atom is 0.225 e. The van der Waals surface area contributed by atoms with Crippen molar-refractivity contribution in [3.8, 4) is 6.07 Å². The first kappa shape index (κ1) is 9.91. The van der Waals surface area contributed by atoms with Gasteiger partial charge >= 0.3 is 0 Å². The molecular formula is C11H14N4. The smallest absolute Gasteiger partial charge is 0.225 e. The minimum absolute atomic E-state index is 0.128. The third-order valence-electron chi connectivity index (χ3n) is 2.67. The second-order valence-corrected chi connectivity index (χ2v) is 3.91. The van der Waals surface area contributed by atoms with Gasteiger partial charge in [-0.15, -0.1) is 0 Å². The Bertz CT molecular complexity index is 382. The van der Waals surface area contributed by atoms with Crippen LogP contribution in [0.2, 0.25) is 0 Å². The summed E-state index contributed by atoms with van der Waals surface area (Å²) >= 11 is 0. The Morgan fingerprint density at radius 2 is 2.47 bits per heavy atom. The zero-order valence-corrected chi connectivity index (χ0v) is 8.85. The minimum atomic E-state index is 0.128. The molecule has 2 heterocycles. The van der Waals surface area contributed by atoms with E-state index in [-0.39, 0.29) is 5.92 Å². The molecule has 1 unspecified atom stereocenters. The lowest BCUT2D eigenvalue weighted by atomic mass is 10.0. The van der Waals surface area contributed by atoms with Gasteiger partial charge in [0.1, 0.15) is 0 Å². The molecule has 4 nitrogen and oxygen atoms in total. The molecule has 2 rings (SSSR count). The highest BCUT2D eigenvalue weighted by Crippen LogP contribution is 2.19. The van der Waals surface area contributed by atoms with Crippen LogP contribution in [0.1, 0.15) is 18.5 Å². The van der Waals surface area contributed by atoms with Crippen LogP contribution in [0.5, 0.6) is 0 Å². The molecule has 1 aromatic heterocycles. The van der Waals surface area contributed by atoms with Crippen LogP contribution in [-0.4, -0.2) is 23.1 Å². The zero-order valence-electron chi connectivity index (χ0n) is 8.85. The van der Waals surface area contributed by atoms with E-state index >= 15 is 0 Å². The van der Waals surface area contributed by atoms with E-state index in [2.05, 4.69) is 20.9 Å². The molecule has 1 saturated heterocycles. The van der Waals surface area contributed by atoms with Gasteiger partial charge in [-0.05, 0) is 25.8 Å². The molecule has 0 radical (unpaired) electrons. The molecular weight excluding hydrogens is 188 g/mol. The van der Waals surface area contributed by atoms with E-state index in [1.165, 1.54) is 0 Å². The first-order chi connectivity index (χ1) is 7.29. The van der Waals surface area contributed by atoms with Crippen LogP contribution in [0.3, 0.4) is 0 Å². The molecule has 0 N–H and O–H groups in total. The molecule has 0 bridgehead atoms. The largest absolute Gasteiger partial charge is 0.340 e. The van der Waals surface area contributed by atoms with Crippen LogP contribution in [0.4, 0.5) is 5.95 Å². The molecule has 4 heteroatoms. The summed E-state index contributed by atoms with van der Waals surface area (Å²) in [6.45, 7) is 3.68. The molecule has 0 spiro atoms. The van der Waals surface area contributed by atoms with Crippen LogP contribution < -0.4 is 4.90 Å². The predicted octanol–water partition coefficient (Wildman–Crippen LogP) is 1.52. The van der Waals surface area contributed by atoms with Gasteiger partial charge in [0.15, 0.2) is 0 Å². The summed E-state index contributed by atoms with van der Waals surface area (Å²) in [6, 6.07) is 4.21. The molecule has 1 atom stereocenters. The normalized spacial score (nSPS) is 21.1. The number of nitriles is 1. The van der Waals surface area contributed by atoms with Gasteiger partial charge in [-0.25, -0.2) is 9.97 Å². The molecule has 15 heavy (non-hydrogen) atoms. The maximum atomic E-state index is 8.89. The van der Waals surface area contributed by atoms with Gasteiger partial charge in [-0.2, -0.15) is 5.26 Å². The number of hydrogen-bond donors (Lipinski definition) is 0. The van der Waals surface area contributed by atoms with E-state index in [0.717, 1.165) is 37.6 Å². The molecule has 0 aliphatic carbocycles. The molecule has 0 aromatic carbocycles. The Morgan fingerprint density at radius 3 is 3.20 bits per heavy atom. The van der Waals surface area contributed by atoms with Crippen molar-refractivity contribution in [3.05, 3.63) is 18.0 Å². The monoisotopic (exact) mass is 202 g/mol. The minimum Gasteiger partial charge on any atom is -0.340 e. The van der Waals surface area contributed by atoms with Gasteiger partial charge in [-0.1, -0.05) is 0 Å². The summed E-state index contributed by atoms with van der Waals surface area (Å²) < 4.78 is 0. The van der Waals surface area contributed by atoms with Gasteiger partial charge in [0.2, 0.25) is 5.95 Å². The Kier molecular flexibility index (Phi) is 2.82. The van der Waals surface area contributed by atoms with Crippen molar-refractivity contribution in [2.75, 3.05) is 18.0 Å². The topological polar surface area (TPSA) is 52.8 Å². The average molecular weight is 202 g/mol. The van der Waals surface area contributed by atoms with Gasteiger partial charge < -0.3 is 4.90 Å². The fraction of sp³-hybridized carbons (Fsp3) is 0.545. The standard InChI is InChI=1S/C11H14N4/c1-9-4-5-13-11(14-9)15-6-2-3-10(7-12)8-15/h4-5,10H,2-3,6,8H2,1H3. The number of piperidine rings is 1. The van der Waals surface area contributed by atoms with Crippen molar-refractivity contribution in [1.82, 2.24) is 9.97 Å². The van der Waals surface area contributed by atoms with Crippen LogP contribution in [0.15, 0.2) is 12.3 Å². The second kappa shape index (κ2) is 4.26. The highest BCUT2D eigenvalue weighted by molar-refractivity contribution is 5.31. The van der Waals surface area contributed by atoms with Gasteiger partial charge in [0, 0.05) is 25.0 Å². The molecule has 1 aliphatic heterocycles. The third-order valence-corrected chi connectivity index (χ3v) is 2.67. The summed E-state index contributed by atoms with van der Waals surface area (Å²) in [6.07, 6.45) is 3.82. The van der Waals surface area contributed by atoms with Crippen molar-refractivity contribution < 1.29 is 0 Å². The quantitative estimate of drug-likeness (QED) is 0.693. The van der Waals surface area contributed by atoms with Crippen molar-refractivity contribution in [3.63, 3.8) is 0 Å². The van der Waals surface area contributed by atoms with E-state index in [4.69, 9.17) is 5.26 Å². The summed E-state index contributed by atoms with van der Waals surface area (Å²) in [5.41, 5.74) is 0.971. The number of nitrogens with zero attached hydrogens (tertiary/aromatic N) is 4. The van der Waals surface area contributed by atoms with Crippen LogP contribution in [-0.2, 0) is 0 Å². The van der Waals surface area contributed by atoms with Crippen LogP contribution >= 0.6 is 0 Å². The maximum absolute atomic E-state index is 8.89. The van der Waals surface area contributed by atoms with Crippen molar-refractivity contribution in [2.45, 2.75) is 19.8 Å². The number of anilines is 1. The lowest BCUT2D eigenvalue weighted by Crippen LogP contribution is -2.36. The molecule has 1 fully saturated rings. The van der Waals surface area contributed by atoms with E-state index in [1.807, 2.05) is 13.0 Å². The first-order valence-corrected chi connectivity index (χ1v) is 5.24. The highest BCUT2D eigenvalue weighted by atomic mass is 15.3. The lowest BCUT2D eigenvalue weighted by molar-refractivity contribution is 0.487. The van der Waals surface area contributed by atoms with Crippen molar-refractivity contribution >= 4 is 5.95 Å². The summed E-state index contributed by atoms with van der Waals surface area (Å²) in [5.74, 6) is 0.887. The van der Waals surface area contributed by atoms with E-state index in [9.17, 15) is 0 Å². The number of aromatic nitrogens is 2. The average Bonchev–Trinajstić information content (AvgIpc) is 2.29. The molecule has 78 valence electrons. The Labute approximate surface area is 89.6 Å². The van der Waals surface area contributed by atoms with E-state index in [0.29, 0.717) is 0 Å². The lowest BCUT2D eigenvalue weighted by Gasteiger charge is -2.29. The summed E-state index contributed by atoms with van der Waals surface area (Å²) in [5, 5.41) is 8.89. The Balaban J connectivity index is 2.14. The second-order valence-electron chi connectivity index (χ2n) is 3.91. The van der Waals surface area contributed by atoms with Gasteiger partial charge in [-0.3, -0.25) is 0 Å². The fourth-order valence-corrected chi connectivity index (χ4v) is 1.85. The molecule has 1 aliphatic rings. The Morgan fingerprint density at radius 1 is 1.60 bits per heavy atom. The number of rotatable bonds is 1. The van der Waals surface area contributed by atoms with Gasteiger partial charge in [0.05, 0.1) is 12.0 Å². The zero-order chi connectivity index (χ0) is 10.7. The van der Waals surface area contributed by atoms with Gasteiger partial charge in [0.25, 0.3) is 0 Å². The third kappa shape index (κ3) is 2.24. The van der Waals surface area contributed by atoms with Crippen LogP contribution in [0, 0.1) is 24.2 Å². The van der Waals surface area contributed by atoms with Crippen LogP contribution in [0.25, 0.3) is 0 Å².